The number of carbonyl (C=O) groups is 1. The van der Waals surface area contributed by atoms with E-state index in [1.807, 2.05) is 13.0 Å². The van der Waals surface area contributed by atoms with E-state index < -0.39 is 5.91 Å². The molecule has 0 radical (unpaired) electrons. The summed E-state index contributed by atoms with van der Waals surface area (Å²) in [7, 11) is 1.60. The highest BCUT2D eigenvalue weighted by atomic mass is 16.5. The normalized spacial score (nSPS) is 10.6. The number of aromatic nitrogens is 2. The third-order valence-electron chi connectivity index (χ3n) is 2.49. The maximum Gasteiger partial charge on any atom is 0.269 e. The summed E-state index contributed by atoms with van der Waals surface area (Å²) in [6.45, 7) is 2.63. The van der Waals surface area contributed by atoms with Crippen molar-refractivity contribution in [1.29, 1.82) is 0 Å². The van der Waals surface area contributed by atoms with Gasteiger partial charge in [-0.2, -0.15) is 5.10 Å². The third kappa shape index (κ3) is 1.50. The Morgan fingerprint density at radius 1 is 1.56 bits per heavy atom. The Morgan fingerprint density at radius 3 is 2.88 bits per heavy atom. The number of hydrogen-bond donors (Lipinski definition) is 1. The van der Waals surface area contributed by atoms with E-state index in [0.717, 1.165) is 16.7 Å². The van der Waals surface area contributed by atoms with E-state index in [-0.39, 0.29) is 0 Å². The van der Waals surface area contributed by atoms with Crippen molar-refractivity contribution >= 4 is 16.8 Å². The van der Waals surface area contributed by atoms with Crippen LogP contribution in [0.5, 0.6) is 5.75 Å². The van der Waals surface area contributed by atoms with Crippen molar-refractivity contribution in [2.24, 2.45) is 5.73 Å². The lowest BCUT2D eigenvalue weighted by molar-refractivity contribution is 0.0996. The number of hydrogen-bond acceptors (Lipinski definition) is 3. The smallest absolute Gasteiger partial charge is 0.269 e. The summed E-state index contributed by atoms with van der Waals surface area (Å²) in [4.78, 5) is 11.2. The van der Waals surface area contributed by atoms with Crippen LogP contribution in [-0.4, -0.2) is 22.8 Å². The maximum atomic E-state index is 11.2. The van der Waals surface area contributed by atoms with Gasteiger partial charge in [0.1, 0.15) is 5.75 Å². The number of ether oxygens (including phenoxy) is 1. The Labute approximate surface area is 92.8 Å². The number of carbonyl (C=O) groups excluding carboxylic acids is 1. The number of benzene rings is 1. The van der Waals surface area contributed by atoms with Crippen LogP contribution in [0.3, 0.4) is 0 Å². The zero-order valence-electron chi connectivity index (χ0n) is 9.23. The summed E-state index contributed by atoms with van der Waals surface area (Å²) >= 11 is 0. The molecule has 2 rings (SSSR count). The van der Waals surface area contributed by atoms with Crippen LogP contribution in [0.25, 0.3) is 10.9 Å². The van der Waals surface area contributed by atoms with Crippen molar-refractivity contribution in [2.75, 3.05) is 7.11 Å². The molecule has 2 N–H and O–H groups in total. The molecule has 5 heteroatoms. The van der Waals surface area contributed by atoms with Gasteiger partial charge in [-0.25, -0.2) is 0 Å². The van der Waals surface area contributed by atoms with Crippen LogP contribution < -0.4 is 10.5 Å². The molecule has 0 aliphatic heterocycles. The fourth-order valence-corrected chi connectivity index (χ4v) is 1.70. The van der Waals surface area contributed by atoms with Crippen molar-refractivity contribution in [3.05, 3.63) is 23.9 Å². The molecule has 0 aliphatic rings. The number of methoxy groups -OCH3 is 1. The van der Waals surface area contributed by atoms with Gasteiger partial charge < -0.3 is 10.5 Å². The number of nitrogens with two attached hydrogens (primary N) is 1. The highest BCUT2D eigenvalue weighted by Crippen LogP contribution is 2.23. The molecule has 0 spiro atoms. The minimum Gasteiger partial charge on any atom is -0.497 e. The summed E-state index contributed by atoms with van der Waals surface area (Å²) in [5.41, 5.74) is 6.43. The molecule has 0 unspecified atom stereocenters. The molecule has 0 saturated carbocycles. The highest BCUT2D eigenvalue weighted by Gasteiger charge is 2.14. The van der Waals surface area contributed by atoms with Gasteiger partial charge in [0, 0.05) is 18.0 Å². The Balaban J connectivity index is 2.74. The zero-order valence-corrected chi connectivity index (χ0v) is 9.23. The molecule has 16 heavy (non-hydrogen) atoms. The van der Waals surface area contributed by atoms with E-state index >= 15 is 0 Å². The predicted molar refractivity (Wildman–Crippen MR) is 60.5 cm³/mol. The van der Waals surface area contributed by atoms with E-state index in [0.29, 0.717) is 12.2 Å². The summed E-state index contributed by atoms with van der Waals surface area (Å²) in [5, 5.41) is 4.93. The summed E-state index contributed by atoms with van der Waals surface area (Å²) in [6.07, 6.45) is 0. The molecule has 1 aromatic carbocycles. The molecule has 1 aromatic heterocycles. The summed E-state index contributed by atoms with van der Waals surface area (Å²) in [6, 6.07) is 5.43. The molecule has 0 atom stereocenters. The van der Waals surface area contributed by atoms with Crippen molar-refractivity contribution in [1.82, 2.24) is 9.78 Å². The zero-order chi connectivity index (χ0) is 11.7. The average molecular weight is 219 g/mol. The number of primary amides is 1. The maximum absolute atomic E-state index is 11.2. The topological polar surface area (TPSA) is 70.1 Å². The van der Waals surface area contributed by atoms with E-state index in [2.05, 4.69) is 5.10 Å². The first-order chi connectivity index (χ1) is 7.67. The van der Waals surface area contributed by atoms with Gasteiger partial charge in [-0.3, -0.25) is 9.48 Å². The highest BCUT2D eigenvalue weighted by molar-refractivity contribution is 6.04. The number of aryl methyl sites for hydroxylation is 1. The molecule has 0 aliphatic carbocycles. The minimum atomic E-state index is -0.512. The van der Waals surface area contributed by atoms with Crippen LogP contribution in [0.1, 0.15) is 17.4 Å². The standard InChI is InChI=1S/C11H13N3O2/c1-3-14-9-6-7(16-2)4-5-8(9)10(13-14)11(12)15/h4-6H,3H2,1-2H3,(H2,12,15). The van der Waals surface area contributed by atoms with Crippen molar-refractivity contribution in [2.45, 2.75) is 13.5 Å². The number of rotatable bonds is 3. The Kier molecular flexibility index (Phi) is 2.52. The molecular formula is C11H13N3O2. The second-order valence-electron chi connectivity index (χ2n) is 3.41. The molecule has 0 bridgehead atoms. The van der Waals surface area contributed by atoms with E-state index in [4.69, 9.17) is 10.5 Å². The largest absolute Gasteiger partial charge is 0.497 e. The average Bonchev–Trinajstić information content (AvgIpc) is 2.66. The van der Waals surface area contributed by atoms with Crippen LogP contribution in [0.15, 0.2) is 18.2 Å². The van der Waals surface area contributed by atoms with Gasteiger partial charge in [-0.15, -0.1) is 0 Å². The third-order valence-corrected chi connectivity index (χ3v) is 2.49. The Bertz CT molecular complexity index is 545. The number of amides is 1. The first-order valence-corrected chi connectivity index (χ1v) is 5.01. The Hall–Kier alpha value is -2.04. The minimum absolute atomic E-state index is 0.305. The molecule has 2 aromatic rings. The molecule has 84 valence electrons. The molecule has 0 saturated heterocycles. The number of nitrogens with zero attached hydrogens (tertiary/aromatic N) is 2. The van der Waals surface area contributed by atoms with Gasteiger partial charge in [0.2, 0.25) is 0 Å². The first kappa shape index (κ1) is 10.5. The van der Waals surface area contributed by atoms with Crippen LogP contribution in [0.4, 0.5) is 0 Å². The fraction of sp³-hybridized carbons (Fsp3) is 0.273. The lowest BCUT2D eigenvalue weighted by Gasteiger charge is -2.01. The van der Waals surface area contributed by atoms with Crippen LogP contribution in [0, 0.1) is 0 Å². The van der Waals surface area contributed by atoms with Gasteiger partial charge in [0.15, 0.2) is 5.69 Å². The predicted octanol–water partition coefficient (Wildman–Crippen LogP) is 1.16. The van der Waals surface area contributed by atoms with E-state index in [1.165, 1.54) is 0 Å². The van der Waals surface area contributed by atoms with Gasteiger partial charge >= 0.3 is 0 Å². The molecule has 1 amide bonds. The SMILES string of the molecule is CCn1nc(C(N)=O)c2ccc(OC)cc21. The van der Waals surface area contributed by atoms with Crippen LogP contribution in [0.2, 0.25) is 0 Å². The second kappa shape index (κ2) is 3.84. The lowest BCUT2D eigenvalue weighted by atomic mass is 10.2. The monoisotopic (exact) mass is 219 g/mol. The van der Waals surface area contributed by atoms with Gasteiger partial charge in [0.25, 0.3) is 5.91 Å². The van der Waals surface area contributed by atoms with Gasteiger partial charge in [-0.1, -0.05) is 0 Å². The quantitative estimate of drug-likeness (QED) is 0.842. The fourth-order valence-electron chi connectivity index (χ4n) is 1.70. The number of fused-ring (bicyclic) bond motifs is 1. The van der Waals surface area contributed by atoms with Crippen LogP contribution in [-0.2, 0) is 6.54 Å². The second-order valence-corrected chi connectivity index (χ2v) is 3.41. The van der Waals surface area contributed by atoms with E-state index in [9.17, 15) is 4.79 Å². The van der Waals surface area contributed by atoms with Crippen LogP contribution >= 0.6 is 0 Å². The summed E-state index contributed by atoms with van der Waals surface area (Å²) < 4.78 is 6.87. The summed E-state index contributed by atoms with van der Waals surface area (Å²) in [5.74, 6) is 0.223. The van der Waals surface area contributed by atoms with Crippen molar-refractivity contribution in [3.8, 4) is 5.75 Å². The van der Waals surface area contributed by atoms with Gasteiger partial charge in [0.05, 0.1) is 12.6 Å². The van der Waals surface area contributed by atoms with Crippen molar-refractivity contribution in [3.63, 3.8) is 0 Å². The Morgan fingerprint density at radius 2 is 2.31 bits per heavy atom. The molecular weight excluding hydrogens is 206 g/mol. The van der Waals surface area contributed by atoms with E-state index in [1.54, 1.807) is 23.9 Å². The van der Waals surface area contributed by atoms with Gasteiger partial charge in [-0.05, 0) is 19.1 Å². The molecule has 5 nitrogen and oxygen atoms in total. The molecule has 0 fully saturated rings. The molecule has 1 heterocycles. The first-order valence-electron chi connectivity index (χ1n) is 5.01. The van der Waals surface area contributed by atoms with Crippen molar-refractivity contribution < 1.29 is 9.53 Å². The lowest BCUT2D eigenvalue weighted by Crippen LogP contribution is -2.12.